The minimum atomic E-state index is -0.373. The molecule has 1 N–H and O–H groups in total. The van der Waals surface area contributed by atoms with Gasteiger partial charge in [0.1, 0.15) is 5.82 Å². The van der Waals surface area contributed by atoms with Gasteiger partial charge in [0.05, 0.1) is 23.6 Å². The van der Waals surface area contributed by atoms with Crippen LogP contribution in [0.25, 0.3) is 10.9 Å². The van der Waals surface area contributed by atoms with Gasteiger partial charge < -0.3 is 10.1 Å². The average Bonchev–Trinajstić information content (AvgIpc) is 2.80. The fourth-order valence-corrected chi connectivity index (χ4v) is 4.08. The lowest BCUT2D eigenvalue weighted by Gasteiger charge is -2.16. The SMILES string of the molecule is COC(=O)c1ccc(CCNC(=O)c2ccc3c(=O)n4c(nc3c2)CCCCCC4)cc1. The number of esters is 1. The first-order valence-corrected chi connectivity index (χ1v) is 11.1. The average molecular weight is 434 g/mol. The van der Waals surface area contributed by atoms with E-state index >= 15 is 0 Å². The number of aryl methyl sites for hydroxylation is 1. The number of nitrogens with zero attached hydrogens (tertiary/aromatic N) is 2. The third-order valence-corrected chi connectivity index (χ3v) is 5.90. The minimum absolute atomic E-state index is 0.0192. The number of aromatic nitrogens is 2. The van der Waals surface area contributed by atoms with Crippen molar-refractivity contribution in [2.75, 3.05) is 13.7 Å². The van der Waals surface area contributed by atoms with Crippen LogP contribution >= 0.6 is 0 Å². The van der Waals surface area contributed by atoms with Crippen molar-refractivity contribution < 1.29 is 14.3 Å². The van der Waals surface area contributed by atoms with Gasteiger partial charge in [0.2, 0.25) is 0 Å². The summed E-state index contributed by atoms with van der Waals surface area (Å²) < 4.78 is 6.49. The molecule has 1 amide bonds. The fourth-order valence-electron chi connectivity index (χ4n) is 4.08. The second kappa shape index (κ2) is 9.77. The molecule has 0 spiro atoms. The monoisotopic (exact) mass is 433 g/mol. The number of rotatable bonds is 5. The highest BCUT2D eigenvalue weighted by Crippen LogP contribution is 2.16. The van der Waals surface area contributed by atoms with Crippen molar-refractivity contribution >= 4 is 22.8 Å². The number of hydrogen-bond acceptors (Lipinski definition) is 5. The van der Waals surface area contributed by atoms with E-state index in [1.165, 1.54) is 7.11 Å². The largest absolute Gasteiger partial charge is 0.465 e. The van der Waals surface area contributed by atoms with Crippen LogP contribution in [0.1, 0.15) is 57.8 Å². The van der Waals surface area contributed by atoms with Gasteiger partial charge in [-0.1, -0.05) is 25.0 Å². The van der Waals surface area contributed by atoms with Crippen LogP contribution in [-0.2, 0) is 24.1 Å². The molecule has 166 valence electrons. The Morgan fingerprint density at radius 2 is 1.78 bits per heavy atom. The summed E-state index contributed by atoms with van der Waals surface area (Å²) in [4.78, 5) is 41.8. The number of fused-ring (bicyclic) bond motifs is 2. The fraction of sp³-hybridized carbons (Fsp3) is 0.360. The van der Waals surface area contributed by atoms with Gasteiger partial charge in [-0.25, -0.2) is 9.78 Å². The van der Waals surface area contributed by atoms with E-state index in [1.807, 2.05) is 12.1 Å². The van der Waals surface area contributed by atoms with Crippen LogP contribution in [0.4, 0.5) is 0 Å². The van der Waals surface area contributed by atoms with Crippen molar-refractivity contribution in [3.8, 4) is 0 Å². The second-order valence-electron chi connectivity index (χ2n) is 8.08. The van der Waals surface area contributed by atoms with Gasteiger partial charge in [0.25, 0.3) is 11.5 Å². The molecule has 7 heteroatoms. The summed E-state index contributed by atoms with van der Waals surface area (Å²) in [6.45, 7) is 1.16. The van der Waals surface area contributed by atoms with Gasteiger partial charge in [-0.15, -0.1) is 0 Å². The predicted molar refractivity (Wildman–Crippen MR) is 122 cm³/mol. The summed E-state index contributed by atoms with van der Waals surface area (Å²) in [5.74, 6) is 0.240. The topological polar surface area (TPSA) is 90.3 Å². The highest BCUT2D eigenvalue weighted by molar-refractivity contribution is 5.97. The predicted octanol–water partition coefficient (Wildman–Crippen LogP) is 3.27. The van der Waals surface area contributed by atoms with Crippen LogP contribution in [0.3, 0.4) is 0 Å². The first kappa shape index (κ1) is 21.7. The van der Waals surface area contributed by atoms with Gasteiger partial charge in [-0.2, -0.15) is 0 Å². The second-order valence-corrected chi connectivity index (χ2v) is 8.08. The zero-order valence-electron chi connectivity index (χ0n) is 18.2. The number of hydrogen-bond donors (Lipinski definition) is 1. The van der Waals surface area contributed by atoms with Crippen LogP contribution in [-0.4, -0.2) is 35.1 Å². The van der Waals surface area contributed by atoms with E-state index in [1.54, 1.807) is 34.9 Å². The highest BCUT2D eigenvalue weighted by atomic mass is 16.5. The number of benzene rings is 2. The molecule has 2 aromatic carbocycles. The normalized spacial score (nSPS) is 13.7. The molecule has 4 rings (SSSR count). The lowest BCUT2D eigenvalue weighted by Crippen LogP contribution is -2.28. The summed E-state index contributed by atoms with van der Waals surface area (Å²) in [7, 11) is 1.35. The van der Waals surface area contributed by atoms with Crippen LogP contribution in [0.5, 0.6) is 0 Å². The van der Waals surface area contributed by atoms with Crippen LogP contribution in [0.2, 0.25) is 0 Å². The molecule has 0 saturated heterocycles. The van der Waals surface area contributed by atoms with E-state index in [2.05, 4.69) is 5.32 Å². The molecule has 1 aliphatic heterocycles. The van der Waals surface area contributed by atoms with E-state index < -0.39 is 0 Å². The number of nitrogens with one attached hydrogen (secondary N) is 1. The van der Waals surface area contributed by atoms with Crippen molar-refractivity contribution in [3.05, 3.63) is 75.3 Å². The van der Waals surface area contributed by atoms with Crippen molar-refractivity contribution in [3.63, 3.8) is 0 Å². The van der Waals surface area contributed by atoms with Crippen molar-refractivity contribution in [1.82, 2.24) is 14.9 Å². The third kappa shape index (κ3) is 4.72. The summed E-state index contributed by atoms with van der Waals surface area (Å²) in [6, 6.07) is 12.2. The van der Waals surface area contributed by atoms with E-state index in [0.717, 1.165) is 43.5 Å². The van der Waals surface area contributed by atoms with Gasteiger partial charge in [-0.05, 0) is 55.2 Å². The number of methoxy groups -OCH3 is 1. The molecule has 0 fully saturated rings. The lowest BCUT2D eigenvalue weighted by atomic mass is 10.1. The maximum atomic E-state index is 12.9. The molecule has 7 nitrogen and oxygen atoms in total. The molecule has 0 saturated carbocycles. The number of amides is 1. The van der Waals surface area contributed by atoms with Gasteiger partial charge in [0, 0.05) is 25.1 Å². The van der Waals surface area contributed by atoms with Crippen molar-refractivity contribution in [1.29, 1.82) is 0 Å². The van der Waals surface area contributed by atoms with Crippen molar-refractivity contribution in [2.45, 2.75) is 45.1 Å². The Hall–Kier alpha value is -3.48. The Balaban J connectivity index is 1.45. The first-order valence-electron chi connectivity index (χ1n) is 11.1. The third-order valence-electron chi connectivity index (χ3n) is 5.90. The molecular formula is C25H27N3O4. The summed E-state index contributed by atoms with van der Waals surface area (Å²) >= 11 is 0. The molecule has 0 bridgehead atoms. The summed E-state index contributed by atoms with van der Waals surface area (Å²) in [5.41, 5.74) is 2.54. The van der Waals surface area contributed by atoms with Gasteiger partial charge >= 0.3 is 5.97 Å². The van der Waals surface area contributed by atoms with Gasteiger partial charge in [0.15, 0.2) is 0 Å². The molecular weight excluding hydrogens is 406 g/mol. The highest BCUT2D eigenvalue weighted by Gasteiger charge is 2.15. The maximum absolute atomic E-state index is 12.9. The zero-order valence-corrected chi connectivity index (χ0v) is 18.2. The molecule has 1 aromatic heterocycles. The Morgan fingerprint density at radius 1 is 1.03 bits per heavy atom. The summed E-state index contributed by atoms with van der Waals surface area (Å²) in [6.07, 6.45) is 5.73. The van der Waals surface area contributed by atoms with Crippen molar-refractivity contribution in [2.24, 2.45) is 0 Å². The Labute approximate surface area is 186 Å². The number of ether oxygens (including phenoxy) is 1. The minimum Gasteiger partial charge on any atom is -0.465 e. The molecule has 0 radical (unpaired) electrons. The van der Waals surface area contributed by atoms with Gasteiger partial charge in [-0.3, -0.25) is 14.2 Å². The van der Waals surface area contributed by atoms with Crippen LogP contribution in [0.15, 0.2) is 47.3 Å². The van der Waals surface area contributed by atoms with E-state index in [4.69, 9.17) is 9.72 Å². The first-order chi connectivity index (χ1) is 15.6. The molecule has 0 unspecified atom stereocenters. The Morgan fingerprint density at radius 3 is 2.56 bits per heavy atom. The molecule has 0 atom stereocenters. The molecule has 32 heavy (non-hydrogen) atoms. The number of carbonyl (C=O) groups excluding carboxylic acids is 2. The number of carbonyl (C=O) groups is 2. The van der Waals surface area contributed by atoms with E-state index in [0.29, 0.717) is 41.5 Å². The lowest BCUT2D eigenvalue weighted by molar-refractivity contribution is 0.0600. The Kier molecular flexibility index (Phi) is 6.63. The standard InChI is InChI=1S/C25H27N3O4/c1-32-25(31)18-9-7-17(8-10-18)13-14-26-23(29)19-11-12-20-21(16-19)27-22-6-4-2-3-5-15-28(22)24(20)30/h7-12,16H,2-6,13-15H2,1H3,(H,26,29). The summed E-state index contributed by atoms with van der Waals surface area (Å²) in [5, 5.41) is 3.47. The Bertz CT molecular complexity index is 1200. The molecule has 2 heterocycles. The van der Waals surface area contributed by atoms with E-state index in [9.17, 15) is 14.4 Å². The maximum Gasteiger partial charge on any atom is 0.337 e. The smallest absolute Gasteiger partial charge is 0.337 e. The molecule has 1 aliphatic rings. The van der Waals surface area contributed by atoms with E-state index in [-0.39, 0.29) is 17.4 Å². The van der Waals surface area contributed by atoms with Crippen LogP contribution in [0, 0.1) is 0 Å². The quantitative estimate of drug-likeness (QED) is 0.624. The molecule has 0 aliphatic carbocycles. The molecule has 3 aromatic rings. The van der Waals surface area contributed by atoms with Crippen LogP contribution < -0.4 is 10.9 Å². The zero-order chi connectivity index (χ0) is 22.5.